The number of hydrogen-bond acceptors (Lipinski definition) is 4. The highest BCUT2D eigenvalue weighted by Gasteiger charge is 2.23. The summed E-state index contributed by atoms with van der Waals surface area (Å²) in [6.07, 6.45) is 0. The van der Waals surface area contributed by atoms with Crippen molar-refractivity contribution in [3.63, 3.8) is 0 Å². The first kappa shape index (κ1) is 16.8. The summed E-state index contributed by atoms with van der Waals surface area (Å²) in [5.41, 5.74) is 1.72. The maximum absolute atomic E-state index is 12.5. The van der Waals surface area contributed by atoms with Gasteiger partial charge in [-0.15, -0.1) is 0 Å². The summed E-state index contributed by atoms with van der Waals surface area (Å²) in [5.74, 6) is 1.57. The maximum atomic E-state index is 12.5. The third-order valence-electron chi connectivity index (χ3n) is 4.57. The molecule has 0 atom stereocenters. The largest absolute Gasteiger partial charge is 0.486 e. The Hall–Kier alpha value is -2.60. The fraction of sp³-hybridized carbons (Fsp3) is 0.316. The van der Waals surface area contributed by atoms with Crippen molar-refractivity contribution in [1.82, 2.24) is 4.90 Å². The second-order valence-corrected chi connectivity index (χ2v) is 6.62. The minimum Gasteiger partial charge on any atom is -0.486 e. The summed E-state index contributed by atoms with van der Waals surface area (Å²) in [4.78, 5) is 16.5. The molecule has 1 N–H and O–H groups in total. The van der Waals surface area contributed by atoms with E-state index in [9.17, 15) is 4.79 Å². The molecule has 7 heteroatoms. The van der Waals surface area contributed by atoms with Crippen LogP contribution in [-0.2, 0) is 0 Å². The molecule has 0 unspecified atom stereocenters. The van der Waals surface area contributed by atoms with Gasteiger partial charge < -0.3 is 24.6 Å². The zero-order chi connectivity index (χ0) is 17.9. The molecule has 2 heterocycles. The third-order valence-corrected chi connectivity index (χ3v) is 4.90. The van der Waals surface area contributed by atoms with Crippen LogP contribution in [-0.4, -0.2) is 50.3 Å². The summed E-state index contributed by atoms with van der Waals surface area (Å²) < 4.78 is 11.2. The zero-order valence-electron chi connectivity index (χ0n) is 14.3. The Bertz CT molecular complexity index is 806. The Morgan fingerprint density at radius 2 is 1.69 bits per heavy atom. The number of nitrogens with zero attached hydrogens (tertiary/aromatic N) is 2. The van der Waals surface area contributed by atoms with Gasteiger partial charge in [-0.1, -0.05) is 23.7 Å². The average Bonchev–Trinajstić information content (AvgIpc) is 2.69. The average molecular weight is 374 g/mol. The molecule has 2 aromatic rings. The standard InChI is InChI=1S/C19H20ClN3O3/c20-15-3-1-2-4-16(15)21-19(24)23-9-7-22(8-10-23)14-5-6-17-18(13-14)26-12-11-25-17/h1-6,13H,7-12H2,(H,21,24). The first-order valence-electron chi connectivity index (χ1n) is 8.66. The normalized spacial score (nSPS) is 16.3. The molecule has 0 saturated carbocycles. The molecule has 0 spiro atoms. The van der Waals surface area contributed by atoms with E-state index in [1.165, 1.54) is 0 Å². The number of carbonyl (C=O) groups excluding carboxylic acids is 1. The second-order valence-electron chi connectivity index (χ2n) is 6.21. The lowest BCUT2D eigenvalue weighted by molar-refractivity contribution is 0.171. The number of benzene rings is 2. The van der Waals surface area contributed by atoms with Crippen LogP contribution in [0.1, 0.15) is 0 Å². The molecule has 26 heavy (non-hydrogen) atoms. The Labute approximate surface area is 157 Å². The van der Waals surface area contributed by atoms with Crippen molar-refractivity contribution in [2.45, 2.75) is 0 Å². The predicted molar refractivity (Wildman–Crippen MR) is 102 cm³/mol. The molecule has 0 aliphatic carbocycles. The number of anilines is 2. The minimum absolute atomic E-state index is 0.125. The lowest BCUT2D eigenvalue weighted by Gasteiger charge is -2.36. The molecule has 2 aliphatic heterocycles. The van der Waals surface area contributed by atoms with Gasteiger partial charge in [-0.2, -0.15) is 0 Å². The number of urea groups is 1. The van der Waals surface area contributed by atoms with E-state index in [1.807, 2.05) is 30.3 Å². The predicted octanol–water partition coefficient (Wildman–Crippen LogP) is 3.47. The van der Waals surface area contributed by atoms with Crippen molar-refractivity contribution in [3.05, 3.63) is 47.5 Å². The van der Waals surface area contributed by atoms with Crippen LogP contribution in [0.25, 0.3) is 0 Å². The van der Waals surface area contributed by atoms with Gasteiger partial charge >= 0.3 is 6.03 Å². The van der Waals surface area contributed by atoms with Crippen molar-refractivity contribution >= 4 is 29.0 Å². The number of halogens is 1. The summed E-state index contributed by atoms with van der Waals surface area (Å²) in [7, 11) is 0. The number of piperazine rings is 1. The van der Waals surface area contributed by atoms with E-state index in [-0.39, 0.29) is 6.03 Å². The Kier molecular flexibility index (Phi) is 4.75. The molecule has 2 aliphatic rings. The summed E-state index contributed by atoms with van der Waals surface area (Å²) in [5, 5.41) is 3.41. The van der Waals surface area contributed by atoms with Gasteiger partial charge in [0, 0.05) is 37.9 Å². The van der Waals surface area contributed by atoms with Gasteiger partial charge in [0.2, 0.25) is 0 Å². The number of fused-ring (bicyclic) bond motifs is 1. The summed E-state index contributed by atoms with van der Waals surface area (Å²) in [6.45, 7) is 3.97. The molecule has 0 radical (unpaired) electrons. The van der Waals surface area contributed by atoms with Gasteiger partial charge in [0.25, 0.3) is 0 Å². The van der Waals surface area contributed by atoms with Crippen molar-refractivity contribution in [1.29, 1.82) is 0 Å². The first-order valence-corrected chi connectivity index (χ1v) is 9.03. The monoisotopic (exact) mass is 373 g/mol. The van der Waals surface area contributed by atoms with E-state index in [4.69, 9.17) is 21.1 Å². The SMILES string of the molecule is O=C(Nc1ccccc1Cl)N1CCN(c2ccc3c(c2)OCCO3)CC1. The van der Waals surface area contributed by atoms with E-state index in [2.05, 4.69) is 10.2 Å². The first-order chi connectivity index (χ1) is 12.7. The number of para-hydroxylation sites is 1. The minimum atomic E-state index is -0.125. The quantitative estimate of drug-likeness (QED) is 0.875. The van der Waals surface area contributed by atoms with Crippen LogP contribution in [0.4, 0.5) is 16.2 Å². The van der Waals surface area contributed by atoms with Gasteiger partial charge in [-0.25, -0.2) is 4.79 Å². The Morgan fingerprint density at radius 3 is 2.46 bits per heavy atom. The molecule has 6 nitrogen and oxygen atoms in total. The Balaban J connectivity index is 1.36. The van der Waals surface area contributed by atoms with Crippen molar-refractivity contribution in [2.24, 2.45) is 0 Å². The lowest BCUT2D eigenvalue weighted by atomic mass is 10.2. The molecular formula is C19H20ClN3O3. The van der Waals surface area contributed by atoms with Crippen LogP contribution in [0.15, 0.2) is 42.5 Å². The number of nitrogens with one attached hydrogen (secondary N) is 1. The van der Waals surface area contributed by atoms with Gasteiger partial charge in [0.1, 0.15) is 13.2 Å². The zero-order valence-corrected chi connectivity index (χ0v) is 15.0. The summed E-state index contributed by atoms with van der Waals surface area (Å²) in [6, 6.07) is 13.1. The molecule has 2 amide bonds. The molecular weight excluding hydrogens is 354 g/mol. The smallest absolute Gasteiger partial charge is 0.322 e. The number of hydrogen-bond donors (Lipinski definition) is 1. The number of amides is 2. The molecule has 2 aromatic carbocycles. The number of ether oxygens (including phenoxy) is 2. The Morgan fingerprint density at radius 1 is 0.962 bits per heavy atom. The van der Waals surface area contributed by atoms with Gasteiger partial charge in [0.05, 0.1) is 10.7 Å². The van der Waals surface area contributed by atoms with Gasteiger partial charge in [-0.3, -0.25) is 0 Å². The van der Waals surface area contributed by atoms with Crippen LogP contribution < -0.4 is 19.7 Å². The van der Waals surface area contributed by atoms with Crippen molar-refractivity contribution < 1.29 is 14.3 Å². The molecule has 1 fully saturated rings. The molecule has 0 aromatic heterocycles. The van der Waals surface area contributed by atoms with Gasteiger partial charge in [-0.05, 0) is 24.3 Å². The fourth-order valence-corrected chi connectivity index (χ4v) is 3.34. The topological polar surface area (TPSA) is 54.0 Å². The fourth-order valence-electron chi connectivity index (χ4n) is 3.15. The van der Waals surface area contributed by atoms with E-state index in [0.29, 0.717) is 37.0 Å². The second kappa shape index (κ2) is 7.33. The highest BCUT2D eigenvalue weighted by molar-refractivity contribution is 6.33. The molecule has 4 rings (SSSR count). The van der Waals surface area contributed by atoms with E-state index < -0.39 is 0 Å². The van der Waals surface area contributed by atoms with Crippen LogP contribution in [0, 0.1) is 0 Å². The summed E-state index contributed by atoms with van der Waals surface area (Å²) >= 11 is 6.10. The van der Waals surface area contributed by atoms with Crippen LogP contribution in [0.3, 0.4) is 0 Å². The third kappa shape index (κ3) is 3.51. The van der Waals surface area contributed by atoms with E-state index in [1.54, 1.807) is 17.0 Å². The van der Waals surface area contributed by atoms with Gasteiger partial charge in [0.15, 0.2) is 11.5 Å². The van der Waals surface area contributed by atoms with E-state index >= 15 is 0 Å². The number of carbonyl (C=O) groups is 1. The van der Waals surface area contributed by atoms with Crippen LogP contribution in [0.2, 0.25) is 5.02 Å². The lowest BCUT2D eigenvalue weighted by Crippen LogP contribution is -2.50. The van der Waals surface area contributed by atoms with Crippen LogP contribution >= 0.6 is 11.6 Å². The molecule has 136 valence electrons. The van der Waals surface area contributed by atoms with Crippen molar-refractivity contribution in [3.8, 4) is 11.5 Å². The van der Waals surface area contributed by atoms with Crippen LogP contribution in [0.5, 0.6) is 11.5 Å². The highest BCUT2D eigenvalue weighted by Crippen LogP contribution is 2.34. The van der Waals surface area contributed by atoms with Crippen molar-refractivity contribution in [2.75, 3.05) is 49.6 Å². The highest BCUT2D eigenvalue weighted by atomic mass is 35.5. The molecule has 1 saturated heterocycles. The number of rotatable bonds is 2. The maximum Gasteiger partial charge on any atom is 0.322 e. The molecule has 0 bridgehead atoms. The van der Waals surface area contributed by atoms with E-state index in [0.717, 1.165) is 30.3 Å².